The van der Waals surface area contributed by atoms with Crippen molar-refractivity contribution in [1.82, 2.24) is 4.90 Å². The summed E-state index contributed by atoms with van der Waals surface area (Å²) < 4.78 is 0. The molecule has 1 N–H and O–H groups in total. The number of nitrogens with zero attached hydrogens (tertiary/aromatic N) is 1. The van der Waals surface area contributed by atoms with Gasteiger partial charge in [0.25, 0.3) is 0 Å². The maximum absolute atomic E-state index is 12.3. The first kappa shape index (κ1) is 18.4. The average molecular weight is 358 g/mol. The summed E-state index contributed by atoms with van der Waals surface area (Å²) in [7, 11) is 1.75. The van der Waals surface area contributed by atoms with Crippen molar-refractivity contribution in [2.45, 2.75) is 13.5 Å². The zero-order valence-electron chi connectivity index (χ0n) is 15.5. The highest BCUT2D eigenvalue weighted by atomic mass is 16.2. The second-order valence-corrected chi connectivity index (χ2v) is 6.47. The van der Waals surface area contributed by atoms with Crippen LogP contribution in [0.4, 0.5) is 5.69 Å². The molecule has 3 aromatic carbocycles. The molecule has 0 fully saturated rings. The van der Waals surface area contributed by atoms with Gasteiger partial charge in [-0.2, -0.15) is 0 Å². The molecule has 0 heterocycles. The Morgan fingerprint density at radius 1 is 1.00 bits per heavy atom. The summed E-state index contributed by atoms with van der Waals surface area (Å²) in [6, 6.07) is 21.6. The molecule has 0 aliphatic rings. The van der Waals surface area contributed by atoms with Crippen molar-refractivity contribution in [2.75, 3.05) is 12.4 Å². The molecule has 0 saturated carbocycles. The van der Waals surface area contributed by atoms with Gasteiger partial charge in [-0.1, -0.05) is 54.6 Å². The lowest BCUT2D eigenvalue weighted by atomic mass is 10.0. The van der Waals surface area contributed by atoms with E-state index >= 15 is 0 Å². The summed E-state index contributed by atoms with van der Waals surface area (Å²) >= 11 is 0. The summed E-state index contributed by atoms with van der Waals surface area (Å²) in [4.78, 5) is 25.3. The smallest absolute Gasteiger partial charge is 0.248 e. The lowest BCUT2D eigenvalue weighted by molar-refractivity contribution is -0.128. The molecule has 0 aliphatic heterocycles. The van der Waals surface area contributed by atoms with E-state index in [1.165, 1.54) is 13.0 Å². The van der Waals surface area contributed by atoms with Crippen molar-refractivity contribution in [3.8, 4) is 0 Å². The van der Waals surface area contributed by atoms with E-state index in [2.05, 4.69) is 17.4 Å². The molecule has 136 valence electrons. The Bertz CT molecular complexity index is 1000. The number of carbonyl (C=O) groups is 2. The Morgan fingerprint density at radius 2 is 1.74 bits per heavy atom. The summed E-state index contributed by atoms with van der Waals surface area (Å²) in [5.74, 6) is -0.192. The Labute approximate surface area is 159 Å². The Kier molecular flexibility index (Phi) is 5.67. The van der Waals surface area contributed by atoms with E-state index in [-0.39, 0.29) is 11.8 Å². The minimum Gasteiger partial charge on any atom is -0.342 e. The van der Waals surface area contributed by atoms with E-state index in [1.807, 2.05) is 60.7 Å². The normalized spacial score (nSPS) is 10.9. The minimum absolute atomic E-state index is 0.00228. The van der Waals surface area contributed by atoms with Crippen LogP contribution in [-0.4, -0.2) is 23.8 Å². The van der Waals surface area contributed by atoms with E-state index in [4.69, 9.17) is 0 Å². The molecule has 4 heteroatoms. The molecule has 27 heavy (non-hydrogen) atoms. The number of nitrogens with one attached hydrogen (secondary N) is 1. The second-order valence-electron chi connectivity index (χ2n) is 6.47. The van der Waals surface area contributed by atoms with Crippen molar-refractivity contribution >= 4 is 34.4 Å². The number of anilines is 1. The summed E-state index contributed by atoms with van der Waals surface area (Å²) in [5.41, 5.74) is 2.67. The molecule has 0 saturated heterocycles. The monoisotopic (exact) mass is 358 g/mol. The molecule has 0 aliphatic carbocycles. The highest BCUT2D eigenvalue weighted by Crippen LogP contribution is 2.19. The van der Waals surface area contributed by atoms with Crippen LogP contribution in [0.1, 0.15) is 18.1 Å². The van der Waals surface area contributed by atoms with Gasteiger partial charge in [0.1, 0.15) is 0 Å². The first-order valence-corrected chi connectivity index (χ1v) is 8.80. The van der Waals surface area contributed by atoms with E-state index in [0.717, 1.165) is 21.9 Å². The number of benzene rings is 3. The Hall–Kier alpha value is -3.40. The van der Waals surface area contributed by atoms with Crippen LogP contribution in [0.25, 0.3) is 16.8 Å². The van der Waals surface area contributed by atoms with Crippen molar-refractivity contribution in [2.24, 2.45) is 0 Å². The summed E-state index contributed by atoms with van der Waals surface area (Å²) in [6.07, 6.45) is 3.36. The molecule has 0 aromatic heterocycles. The average Bonchev–Trinajstić information content (AvgIpc) is 2.66. The molecule has 2 amide bonds. The van der Waals surface area contributed by atoms with Crippen LogP contribution in [0.3, 0.4) is 0 Å². The lowest BCUT2D eigenvalue weighted by Gasteiger charge is -2.15. The van der Waals surface area contributed by atoms with Gasteiger partial charge in [0.05, 0.1) is 0 Å². The minimum atomic E-state index is -0.194. The van der Waals surface area contributed by atoms with E-state index in [1.54, 1.807) is 11.9 Å². The quantitative estimate of drug-likeness (QED) is 0.684. The van der Waals surface area contributed by atoms with Gasteiger partial charge in [-0.05, 0) is 40.1 Å². The van der Waals surface area contributed by atoms with Crippen LogP contribution in [0.2, 0.25) is 0 Å². The van der Waals surface area contributed by atoms with Crippen molar-refractivity contribution in [3.63, 3.8) is 0 Å². The van der Waals surface area contributed by atoms with Gasteiger partial charge in [-0.25, -0.2) is 0 Å². The van der Waals surface area contributed by atoms with Crippen molar-refractivity contribution < 1.29 is 9.59 Å². The number of amides is 2. The number of rotatable bonds is 5. The zero-order valence-corrected chi connectivity index (χ0v) is 15.5. The van der Waals surface area contributed by atoms with Gasteiger partial charge in [-0.15, -0.1) is 0 Å². The summed E-state index contributed by atoms with van der Waals surface area (Å²) in [5, 5.41) is 5.12. The molecule has 0 spiro atoms. The maximum Gasteiger partial charge on any atom is 0.248 e. The van der Waals surface area contributed by atoms with Gasteiger partial charge < -0.3 is 10.2 Å². The number of hydrogen-bond acceptors (Lipinski definition) is 2. The van der Waals surface area contributed by atoms with Gasteiger partial charge >= 0.3 is 0 Å². The van der Waals surface area contributed by atoms with E-state index in [0.29, 0.717) is 12.2 Å². The third kappa shape index (κ3) is 4.82. The predicted molar refractivity (Wildman–Crippen MR) is 110 cm³/mol. The third-order valence-corrected chi connectivity index (χ3v) is 4.39. The first-order valence-electron chi connectivity index (χ1n) is 8.80. The molecule has 0 bridgehead atoms. The summed E-state index contributed by atoms with van der Waals surface area (Å²) in [6.45, 7) is 2.04. The molecule has 0 atom stereocenters. The molecule has 4 nitrogen and oxygen atoms in total. The van der Waals surface area contributed by atoms with E-state index in [9.17, 15) is 9.59 Å². The Balaban J connectivity index is 1.70. The zero-order chi connectivity index (χ0) is 19.2. The molecule has 3 rings (SSSR count). The SMILES string of the molecule is CC(=O)N(C)Cc1cccc(NC(=O)/C=C/c2cccc3ccccc23)c1. The highest BCUT2D eigenvalue weighted by molar-refractivity contribution is 6.03. The topological polar surface area (TPSA) is 49.4 Å². The Morgan fingerprint density at radius 3 is 2.56 bits per heavy atom. The fourth-order valence-electron chi connectivity index (χ4n) is 2.88. The number of hydrogen-bond donors (Lipinski definition) is 1. The van der Waals surface area contributed by atoms with Crippen LogP contribution in [0.5, 0.6) is 0 Å². The molecule has 0 unspecified atom stereocenters. The fourth-order valence-corrected chi connectivity index (χ4v) is 2.88. The van der Waals surface area contributed by atoms with Crippen molar-refractivity contribution in [1.29, 1.82) is 0 Å². The van der Waals surface area contributed by atoms with Gasteiger partial charge in [0.2, 0.25) is 11.8 Å². The lowest BCUT2D eigenvalue weighted by Crippen LogP contribution is -2.23. The number of carbonyl (C=O) groups excluding carboxylic acids is 2. The highest BCUT2D eigenvalue weighted by Gasteiger charge is 2.05. The molecular formula is C23H22N2O2. The second kappa shape index (κ2) is 8.32. The van der Waals surface area contributed by atoms with E-state index < -0.39 is 0 Å². The van der Waals surface area contributed by atoms with Crippen LogP contribution in [-0.2, 0) is 16.1 Å². The molecule has 3 aromatic rings. The van der Waals surface area contributed by atoms with Crippen LogP contribution in [0, 0.1) is 0 Å². The number of fused-ring (bicyclic) bond motifs is 1. The molecular weight excluding hydrogens is 336 g/mol. The van der Waals surface area contributed by atoms with Crippen LogP contribution in [0.15, 0.2) is 72.8 Å². The van der Waals surface area contributed by atoms with Crippen LogP contribution >= 0.6 is 0 Å². The molecule has 0 radical (unpaired) electrons. The van der Waals surface area contributed by atoms with Crippen molar-refractivity contribution in [3.05, 3.63) is 83.9 Å². The van der Waals surface area contributed by atoms with Gasteiger partial charge in [0, 0.05) is 32.3 Å². The third-order valence-electron chi connectivity index (χ3n) is 4.39. The van der Waals surface area contributed by atoms with Crippen LogP contribution < -0.4 is 5.32 Å². The first-order chi connectivity index (χ1) is 13.0. The standard InChI is InChI=1S/C23H22N2O2/c1-17(26)25(2)16-18-7-5-11-21(15-18)24-23(27)14-13-20-10-6-9-19-8-3-4-12-22(19)20/h3-15H,16H2,1-2H3,(H,24,27)/b14-13+. The fraction of sp³-hybridized carbons (Fsp3) is 0.130. The van der Waals surface area contributed by atoms with Gasteiger partial charge in [-0.3, -0.25) is 9.59 Å². The largest absolute Gasteiger partial charge is 0.342 e. The predicted octanol–water partition coefficient (Wildman–Crippen LogP) is 4.47. The van der Waals surface area contributed by atoms with Gasteiger partial charge in [0.15, 0.2) is 0 Å². The maximum atomic E-state index is 12.3.